The monoisotopic (exact) mass is 513 g/mol. The maximum absolute atomic E-state index is 13.0. The van der Waals surface area contributed by atoms with Crippen molar-refractivity contribution in [2.75, 3.05) is 39.3 Å². The fraction of sp³-hybridized carbons (Fsp3) is 0.565. The Labute approximate surface area is 206 Å². The van der Waals surface area contributed by atoms with Crippen LogP contribution in [0.2, 0.25) is 0 Å². The van der Waals surface area contributed by atoms with Gasteiger partial charge in [0.1, 0.15) is 31.4 Å². The van der Waals surface area contributed by atoms with Crippen LogP contribution < -0.4 is 10.6 Å². The first-order valence-corrected chi connectivity index (χ1v) is 11.4. The van der Waals surface area contributed by atoms with Crippen LogP contribution in [0.15, 0.2) is 37.1 Å². The summed E-state index contributed by atoms with van der Waals surface area (Å²) in [6, 6.07) is 4.18. The van der Waals surface area contributed by atoms with Crippen LogP contribution in [0.1, 0.15) is 25.6 Å². The minimum absolute atomic E-state index is 0.0235. The molecule has 3 rings (SSSR count). The van der Waals surface area contributed by atoms with Crippen molar-refractivity contribution in [2.24, 2.45) is 0 Å². The Morgan fingerprint density at radius 1 is 1.25 bits per heavy atom. The smallest absolute Gasteiger partial charge is 0.410 e. The van der Waals surface area contributed by atoms with E-state index in [1.54, 1.807) is 31.0 Å². The average molecular weight is 514 g/mol. The highest BCUT2D eigenvalue weighted by atomic mass is 19.4. The molecule has 0 aliphatic carbocycles. The van der Waals surface area contributed by atoms with Gasteiger partial charge in [0.15, 0.2) is 0 Å². The van der Waals surface area contributed by atoms with Gasteiger partial charge in [0, 0.05) is 32.4 Å². The highest BCUT2D eigenvalue weighted by Gasteiger charge is 2.46. The summed E-state index contributed by atoms with van der Waals surface area (Å²) in [7, 11) is 0. The number of carbonyl (C=O) groups is 3. The van der Waals surface area contributed by atoms with Gasteiger partial charge in [0.05, 0.1) is 11.2 Å². The second-order valence-corrected chi connectivity index (χ2v) is 8.97. The van der Waals surface area contributed by atoms with Crippen LogP contribution in [0.5, 0.6) is 0 Å². The molecule has 1 aromatic rings. The van der Waals surface area contributed by atoms with E-state index in [0.717, 1.165) is 10.6 Å². The van der Waals surface area contributed by atoms with Gasteiger partial charge in [-0.25, -0.2) is 4.79 Å². The number of nitrogens with one attached hydrogen (secondary N) is 2. The highest BCUT2D eigenvalue weighted by Crippen LogP contribution is 2.37. The van der Waals surface area contributed by atoms with Crippen molar-refractivity contribution in [1.82, 2.24) is 25.4 Å². The molecule has 2 fully saturated rings. The van der Waals surface area contributed by atoms with Crippen molar-refractivity contribution in [3.05, 3.63) is 42.7 Å². The topological polar surface area (TPSA) is 116 Å². The normalized spacial score (nSPS) is 22.5. The van der Waals surface area contributed by atoms with Gasteiger partial charge in [-0.1, -0.05) is 18.7 Å². The maximum atomic E-state index is 13.0. The number of amides is 3. The Kier molecular flexibility index (Phi) is 8.56. The number of hydrogen-bond donors (Lipinski definition) is 2. The third-order valence-corrected chi connectivity index (χ3v) is 6.08. The summed E-state index contributed by atoms with van der Waals surface area (Å²) in [6.07, 6.45) is -2.91. The first-order valence-electron chi connectivity index (χ1n) is 11.4. The molecule has 2 N–H and O–H groups in total. The van der Waals surface area contributed by atoms with Crippen molar-refractivity contribution in [1.29, 1.82) is 0 Å². The number of epoxide rings is 1. The van der Waals surface area contributed by atoms with Gasteiger partial charge in [0.25, 0.3) is 0 Å². The summed E-state index contributed by atoms with van der Waals surface area (Å²) in [5.74, 6) is -1.34. The molecule has 0 spiro atoms. The maximum Gasteiger partial charge on any atom is 0.410 e. The van der Waals surface area contributed by atoms with Crippen molar-refractivity contribution >= 4 is 17.9 Å². The molecule has 0 aromatic carbocycles. The molecule has 3 heterocycles. The minimum atomic E-state index is -4.62. The second-order valence-electron chi connectivity index (χ2n) is 8.97. The molecule has 2 aliphatic rings. The fourth-order valence-electron chi connectivity index (χ4n) is 3.91. The van der Waals surface area contributed by atoms with Gasteiger partial charge in [-0.15, -0.1) is 0 Å². The number of alkyl halides is 3. The van der Waals surface area contributed by atoms with Crippen molar-refractivity contribution < 1.29 is 37.0 Å². The first kappa shape index (κ1) is 27.4. The molecule has 0 saturated carbocycles. The summed E-state index contributed by atoms with van der Waals surface area (Å²) in [4.78, 5) is 45.1. The fourth-order valence-corrected chi connectivity index (χ4v) is 3.91. The van der Waals surface area contributed by atoms with Gasteiger partial charge >= 0.3 is 12.3 Å². The second kappa shape index (κ2) is 11.2. The van der Waals surface area contributed by atoms with Crippen molar-refractivity contribution in [3.63, 3.8) is 0 Å². The number of nitrogens with zero attached hydrogens (tertiary/aromatic N) is 3. The number of pyridine rings is 1. The third-order valence-electron chi connectivity index (χ3n) is 6.08. The number of ether oxygens (including phenoxy) is 2. The van der Waals surface area contributed by atoms with E-state index in [0.29, 0.717) is 0 Å². The molecule has 0 bridgehead atoms. The summed E-state index contributed by atoms with van der Waals surface area (Å²) in [5.41, 5.74) is -0.363. The van der Waals surface area contributed by atoms with E-state index in [2.05, 4.69) is 16.9 Å². The molecular formula is C23H30F3N5O5. The van der Waals surface area contributed by atoms with Crippen LogP contribution in [0.25, 0.3) is 0 Å². The summed E-state index contributed by atoms with van der Waals surface area (Å²) >= 11 is 0. The van der Waals surface area contributed by atoms with Crippen LogP contribution >= 0.6 is 0 Å². The van der Waals surface area contributed by atoms with Gasteiger partial charge < -0.3 is 20.1 Å². The molecule has 10 nitrogen and oxygen atoms in total. The standard InChI is InChI=1S/C23H30F3N5O5/c1-4-11-35-21(34)31-10-9-30(13-16(31)19(32)29-14-23(24,25)26)22(2,3)20(33)28-12-17-18(36-17)15-7-5-6-8-27-15/h4-8,16-18H,1,9-14H2,2-3H3,(H,28,33)(H,29,32)/t16-,17?,18?/m0/s1. The Morgan fingerprint density at radius 2 is 2.00 bits per heavy atom. The van der Waals surface area contributed by atoms with Crippen LogP contribution in [0.3, 0.4) is 0 Å². The number of hydrogen-bond acceptors (Lipinski definition) is 7. The molecule has 3 amide bonds. The van der Waals surface area contributed by atoms with Gasteiger partial charge in [-0.2, -0.15) is 13.2 Å². The molecule has 36 heavy (non-hydrogen) atoms. The first-order chi connectivity index (χ1) is 16.9. The molecular weight excluding hydrogens is 483 g/mol. The summed E-state index contributed by atoms with van der Waals surface area (Å²) in [6.45, 7) is 5.32. The lowest BCUT2D eigenvalue weighted by atomic mass is 9.98. The largest absolute Gasteiger partial charge is 0.445 e. The quantitative estimate of drug-likeness (QED) is 0.379. The van der Waals surface area contributed by atoms with E-state index in [1.165, 1.54) is 6.08 Å². The van der Waals surface area contributed by atoms with Crippen LogP contribution in [0, 0.1) is 0 Å². The lowest BCUT2D eigenvalue weighted by molar-refractivity contribution is -0.145. The third kappa shape index (κ3) is 6.94. The Hall–Kier alpha value is -3.19. The Morgan fingerprint density at radius 3 is 2.64 bits per heavy atom. The Bertz CT molecular complexity index is 959. The highest BCUT2D eigenvalue weighted by molar-refractivity contribution is 5.88. The van der Waals surface area contributed by atoms with E-state index in [-0.39, 0.29) is 50.9 Å². The van der Waals surface area contributed by atoms with Gasteiger partial charge in [-0.3, -0.25) is 24.4 Å². The zero-order valence-electron chi connectivity index (χ0n) is 20.1. The summed E-state index contributed by atoms with van der Waals surface area (Å²) < 4.78 is 48.6. The number of piperazine rings is 1. The minimum Gasteiger partial charge on any atom is -0.445 e. The lowest BCUT2D eigenvalue weighted by Crippen LogP contribution is -2.67. The zero-order chi connectivity index (χ0) is 26.5. The molecule has 2 saturated heterocycles. The average Bonchev–Trinajstić information content (AvgIpc) is 3.63. The molecule has 2 unspecified atom stereocenters. The van der Waals surface area contributed by atoms with E-state index in [9.17, 15) is 27.6 Å². The van der Waals surface area contributed by atoms with E-state index in [4.69, 9.17) is 9.47 Å². The van der Waals surface area contributed by atoms with Crippen LogP contribution in [-0.2, 0) is 19.1 Å². The lowest BCUT2D eigenvalue weighted by Gasteiger charge is -2.45. The van der Waals surface area contributed by atoms with Crippen molar-refractivity contribution in [2.45, 2.75) is 43.8 Å². The van der Waals surface area contributed by atoms with Crippen LogP contribution in [-0.4, -0.2) is 95.9 Å². The Balaban J connectivity index is 1.62. The summed E-state index contributed by atoms with van der Waals surface area (Å²) in [5, 5.41) is 4.65. The number of rotatable bonds is 9. The van der Waals surface area contributed by atoms with E-state index < -0.39 is 36.3 Å². The number of halogens is 3. The van der Waals surface area contributed by atoms with Gasteiger partial charge in [0.2, 0.25) is 11.8 Å². The molecule has 2 aliphatic heterocycles. The van der Waals surface area contributed by atoms with E-state index in [1.807, 2.05) is 17.4 Å². The molecule has 0 radical (unpaired) electrons. The molecule has 1 aromatic heterocycles. The van der Waals surface area contributed by atoms with Gasteiger partial charge in [-0.05, 0) is 26.0 Å². The molecule has 13 heteroatoms. The van der Waals surface area contributed by atoms with Crippen molar-refractivity contribution in [3.8, 4) is 0 Å². The van der Waals surface area contributed by atoms with Crippen LogP contribution in [0.4, 0.5) is 18.0 Å². The predicted molar refractivity (Wildman–Crippen MR) is 122 cm³/mol. The number of carbonyl (C=O) groups excluding carboxylic acids is 3. The molecule has 198 valence electrons. The molecule has 3 atom stereocenters. The SMILES string of the molecule is C=CCOC(=O)N1CCN(C(C)(C)C(=O)NCC2OC2c2ccccn2)C[C@H]1C(=O)NCC(F)(F)F. The van der Waals surface area contributed by atoms with E-state index >= 15 is 0 Å². The number of aromatic nitrogens is 1. The zero-order valence-corrected chi connectivity index (χ0v) is 20.1. The predicted octanol–water partition coefficient (Wildman–Crippen LogP) is 1.40.